The average molecular weight is 239 g/mol. The molecule has 0 aromatic heterocycles. The highest BCUT2D eigenvalue weighted by atomic mass is 16.5. The van der Waals surface area contributed by atoms with Crippen LogP contribution in [-0.4, -0.2) is 42.6 Å². The molecule has 0 amide bonds. The van der Waals surface area contributed by atoms with E-state index in [1.165, 1.54) is 0 Å². The lowest BCUT2D eigenvalue weighted by Gasteiger charge is -2.28. The van der Waals surface area contributed by atoms with E-state index < -0.39 is 12.2 Å². The van der Waals surface area contributed by atoms with Gasteiger partial charge < -0.3 is 19.8 Å². The summed E-state index contributed by atoms with van der Waals surface area (Å²) < 4.78 is 5.28. The van der Waals surface area contributed by atoms with Gasteiger partial charge in [0.05, 0.1) is 25.0 Å². The van der Waals surface area contributed by atoms with E-state index in [-0.39, 0.29) is 0 Å². The van der Waals surface area contributed by atoms with Crippen LogP contribution < -0.4 is 9.64 Å². The number of methoxy groups -OCH3 is 1. The molecule has 0 aliphatic heterocycles. The fraction of sp³-hybridized carbons (Fsp3) is 0.538. The van der Waals surface area contributed by atoms with Crippen molar-refractivity contribution in [1.29, 1.82) is 0 Å². The number of para-hydroxylation sites is 2. The Morgan fingerprint density at radius 1 is 1.12 bits per heavy atom. The van der Waals surface area contributed by atoms with Gasteiger partial charge in [-0.3, -0.25) is 0 Å². The van der Waals surface area contributed by atoms with E-state index in [4.69, 9.17) is 4.74 Å². The SMILES string of the molecule is COc1ccccc1N(C[C@@H](C)O)C[C@@H](C)O. The number of hydrogen-bond donors (Lipinski definition) is 2. The second-order valence-corrected chi connectivity index (χ2v) is 4.27. The highest BCUT2D eigenvalue weighted by molar-refractivity contribution is 5.58. The van der Waals surface area contributed by atoms with Crippen LogP contribution in [0, 0.1) is 0 Å². The van der Waals surface area contributed by atoms with Crippen molar-refractivity contribution in [2.24, 2.45) is 0 Å². The van der Waals surface area contributed by atoms with Crippen LogP contribution in [-0.2, 0) is 0 Å². The third kappa shape index (κ3) is 4.24. The van der Waals surface area contributed by atoms with Crippen LogP contribution in [0.2, 0.25) is 0 Å². The number of aliphatic hydroxyl groups excluding tert-OH is 2. The van der Waals surface area contributed by atoms with Gasteiger partial charge in [0.25, 0.3) is 0 Å². The van der Waals surface area contributed by atoms with E-state index in [1.807, 2.05) is 29.2 Å². The molecule has 1 aromatic carbocycles. The number of aliphatic hydroxyl groups is 2. The van der Waals surface area contributed by atoms with Gasteiger partial charge in [-0.2, -0.15) is 0 Å². The van der Waals surface area contributed by atoms with E-state index in [0.717, 1.165) is 11.4 Å². The molecule has 0 heterocycles. The molecule has 0 bridgehead atoms. The predicted molar refractivity (Wildman–Crippen MR) is 68.6 cm³/mol. The van der Waals surface area contributed by atoms with Crippen LogP contribution in [0.3, 0.4) is 0 Å². The van der Waals surface area contributed by atoms with Gasteiger partial charge in [0, 0.05) is 13.1 Å². The van der Waals surface area contributed by atoms with Crippen molar-refractivity contribution in [3.05, 3.63) is 24.3 Å². The van der Waals surface area contributed by atoms with Crippen LogP contribution in [0.15, 0.2) is 24.3 Å². The van der Waals surface area contributed by atoms with Crippen LogP contribution >= 0.6 is 0 Å². The fourth-order valence-corrected chi connectivity index (χ4v) is 1.80. The van der Waals surface area contributed by atoms with E-state index >= 15 is 0 Å². The van der Waals surface area contributed by atoms with Gasteiger partial charge in [0.15, 0.2) is 0 Å². The Hall–Kier alpha value is -1.26. The monoisotopic (exact) mass is 239 g/mol. The zero-order valence-electron chi connectivity index (χ0n) is 10.6. The van der Waals surface area contributed by atoms with Crippen molar-refractivity contribution >= 4 is 5.69 Å². The minimum absolute atomic E-state index is 0.460. The number of hydrogen-bond acceptors (Lipinski definition) is 4. The summed E-state index contributed by atoms with van der Waals surface area (Å²) in [6.45, 7) is 4.38. The van der Waals surface area contributed by atoms with E-state index in [9.17, 15) is 10.2 Å². The van der Waals surface area contributed by atoms with E-state index in [2.05, 4.69) is 0 Å². The first-order chi connectivity index (χ1) is 8.04. The minimum Gasteiger partial charge on any atom is -0.495 e. The van der Waals surface area contributed by atoms with Crippen molar-refractivity contribution in [2.45, 2.75) is 26.1 Å². The molecular formula is C13H21NO3. The Morgan fingerprint density at radius 2 is 1.65 bits per heavy atom. The summed E-state index contributed by atoms with van der Waals surface area (Å²) >= 11 is 0. The smallest absolute Gasteiger partial charge is 0.142 e. The summed E-state index contributed by atoms with van der Waals surface area (Å²) in [4.78, 5) is 1.92. The average Bonchev–Trinajstić information content (AvgIpc) is 2.27. The predicted octanol–water partition coefficient (Wildman–Crippen LogP) is 1.26. The maximum absolute atomic E-state index is 9.50. The molecule has 0 fully saturated rings. The molecule has 0 saturated heterocycles. The summed E-state index contributed by atoms with van der Waals surface area (Å²) in [6.07, 6.45) is -0.919. The van der Waals surface area contributed by atoms with Gasteiger partial charge in [-0.1, -0.05) is 12.1 Å². The summed E-state index contributed by atoms with van der Waals surface area (Å²) in [7, 11) is 1.61. The largest absolute Gasteiger partial charge is 0.495 e. The van der Waals surface area contributed by atoms with Gasteiger partial charge in [-0.15, -0.1) is 0 Å². The first-order valence-corrected chi connectivity index (χ1v) is 5.78. The summed E-state index contributed by atoms with van der Waals surface area (Å²) in [5.41, 5.74) is 0.886. The van der Waals surface area contributed by atoms with Gasteiger partial charge in [0.1, 0.15) is 5.75 Å². The molecule has 0 spiro atoms. The molecule has 0 aliphatic rings. The molecule has 17 heavy (non-hydrogen) atoms. The van der Waals surface area contributed by atoms with E-state index in [1.54, 1.807) is 21.0 Å². The molecule has 2 N–H and O–H groups in total. The van der Waals surface area contributed by atoms with Gasteiger partial charge in [0.2, 0.25) is 0 Å². The van der Waals surface area contributed by atoms with Gasteiger partial charge >= 0.3 is 0 Å². The lowest BCUT2D eigenvalue weighted by Crippen LogP contribution is -2.36. The standard InChI is InChI=1S/C13H21NO3/c1-10(15)8-14(9-11(2)16)12-6-4-5-7-13(12)17-3/h4-7,10-11,15-16H,8-9H2,1-3H3/t10-,11-/m1/s1. The Kier molecular flexibility index (Phi) is 5.25. The maximum atomic E-state index is 9.50. The highest BCUT2D eigenvalue weighted by Crippen LogP contribution is 2.27. The molecule has 0 unspecified atom stereocenters. The Balaban J connectivity index is 2.94. The normalized spacial score (nSPS) is 14.2. The third-order valence-electron chi connectivity index (χ3n) is 2.40. The van der Waals surface area contributed by atoms with Crippen LogP contribution in [0.1, 0.15) is 13.8 Å². The number of nitrogens with zero attached hydrogens (tertiary/aromatic N) is 1. The van der Waals surface area contributed by atoms with E-state index in [0.29, 0.717) is 13.1 Å². The van der Waals surface area contributed by atoms with Crippen LogP contribution in [0.25, 0.3) is 0 Å². The van der Waals surface area contributed by atoms with Crippen molar-refractivity contribution < 1.29 is 14.9 Å². The fourth-order valence-electron chi connectivity index (χ4n) is 1.80. The van der Waals surface area contributed by atoms with Crippen molar-refractivity contribution in [1.82, 2.24) is 0 Å². The number of benzene rings is 1. The third-order valence-corrected chi connectivity index (χ3v) is 2.40. The first-order valence-electron chi connectivity index (χ1n) is 5.78. The molecule has 4 heteroatoms. The number of ether oxygens (including phenoxy) is 1. The lowest BCUT2D eigenvalue weighted by atomic mass is 10.2. The highest BCUT2D eigenvalue weighted by Gasteiger charge is 2.15. The molecule has 0 radical (unpaired) electrons. The molecule has 2 atom stereocenters. The molecular weight excluding hydrogens is 218 g/mol. The van der Waals surface area contributed by atoms with Crippen LogP contribution in [0.4, 0.5) is 5.69 Å². The van der Waals surface area contributed by atoms with Crippen LogP contribution in [0.5, 0.6) is 5.75 Å². The zero-order valence-corrected chi connectivity index (χ0v) is 10.6. The lowest BCUT2D eigenvalue weighted by molar-refractivity contribution is 0.178. The molecule has 0 aliphatic carbocycles. The Bertz CT molecular complexity index is 329. The minimum atomic E-state index is -0.460. The topological polar surface area (TPSA) is 52.9 Å². The zero-order chi connectivity index (χ0) is 12.8. The van der Waals surface area contributed by atoms with Gasteiger partial charge in [-0.05, 0) is 26.0 Å². The molecule has 96 valence electrons. The number of anilines is 1. The first kappa shape index (κ1) is 13.8. The molecule has 4 nitrogen and oxygen atoms in total. The molecule has 1 rings (SSSR count). The molecule has 0 saturated carbocycles. The van der Waals surface area contributed by atoms with Crippen molar-refractivity contribution in [3.63, 3.8) is 0 Å². The quantitative estimate of drug-likeness (QED) is 0.785. The summed E-state index contributed by atoms with van der Waals surface area (Å²) in [5, 5.41) is 19.0. The Morgan fingerprint density at radius 3 is 2.12 bits per heavy atom. The number of rotatable bonds is 6. The summed E-state index contributed by atoms with van der Waals surface area (Å²) in [6, 6.07) is 7.59. The summed E-state index contributed by atoms with van der Waals surface area (Å²) in [5.74, 6) is 0.744. The van der Waals surface area contributed by atoms with Gasteiger partial charge in [-0.25, -0.2) is 0 Å². The molecule has 1 aromatic rings. The van der Waals surface area contributed by atoms with Crippen molar-refractivity contribution in [2.75, 3.05) is 25.1 Å². The van der Waals surface area contributed by atoms with Crippen molar-refractivity contribution in [3.8, 4) is 5.75 Å². The second kappa shape index (κ2) is 6.47. The second-order valence-electron chi connectivity index (χ2n) is 4.27. The maximum Gasteiger partial charge on any atom is 0.142 e. The Labute approximate surface area is 102 Å².